The number of nitrogens with one attached hydrogen (secondary N) is 2. The van der Waals surface area contributed by atoms with Crippen LogP contribution in [0.5, 0.6) is 17.2 Å². The van der Waals surface area contributed by atoms with Gasteiger partial charge in [-0.1, -0.05) is 6.92 Å². The number of rotatable bonds is 10. The van der Waals surface area contributed by atoms with E-state index in [4.69, 9.17) is 19.2 Å². The fraction of sp³-hybridized carbons (Fsp3) is 0.515. The maximum absolute atomic E-state index is 12.6. The molecular formula is C33H45BrN8O5S. The molecule has 2 fully saturated rings. The molecule has 0 amide bonds. The largest absolute Gasteiger partial charge is 0.494 e. The van der Waals surface area contributed by atoms with Crippen molar-refractivity contribution in [2.45, 2.75) is 32.2 Å². The van der Waals surface area contributed by atoms with Gasteiger partial charge < -0.3 is 34.6 Å². The lowest BCUT2D eigenvalue weighted by Crippen LogP contribution is -2.52. The normalized spacial score (nSPS) is 17.7. The highest BCUT2D eigenvalue weighted by Crippen LogP contribution is 2.46. The standard InChI is InChI=1S/C33H45BrN8O5S/c1-6-22-19-26(29(45-4)20-27(22)42-11-9-23(10-12-42)41-15-13-39(2)14-16-41)37-33-35-21-24(34)32(38-33)36-25-7-8-28-31(47-18-17-46-28)30(25)40(3)48(5,43)44/h7-8,19-21,23H,6,9-18H2,1-5H3,(H2,35,36,37,38). The van der Waals surface area contributed by atoms with Crippen molar-refractivity contribution in [3.05, 3.63) is 40.5 Å². The predicted octanol–water partition coefficient (Wildman–Crippen LogP) is 4.68. The SMILES string of the molecule is CCc1cc(Nc2ncc(Br)c(Nc3ccc4c(c3N(C)S(C)(=O)=O)OCCO4)n2)c(OC)cc1N1CCC(N2CCN(C)CC2)CC1. The number of methoxy groups -OCH3 is 1. The van der Waals surface area contributed by atoms with Crippen molar-refractivity contribution in [2.75, 3.05) is 99.8 Å². The lowest BCUT2D eigenvalue weighted by atomic mass is 9.99. The summed E-state index contributed by atoms with van der Waals surface area (Å²) in [6.07, 6.45) is 5.96. The Morgan fingerprint density at radius 3 is 2.46 bits per heavy atom. The number of nitrogens with zero attached hydrogens (tertiary/aromatic N) is 6. The average molecular weight is 746 g/mol. The van der Waals surface area contributed by atoms with Crippen molar-refractivity contribution in [3.63, 3.8) is 0 Å². The molecule has 2 N–H and O–H groups in total. The minimum Gasteiger partial charge on any atom is -0.494 e. The van der Waals surface area contributed by atoms with Crippen LogP contribution in [0.25, 0.3) is 0 Å². The Balaban J connectivity index is 1.23. The zero-order valence-electron chi connectivity index (χ0n) is 28.3. The van der Waals surface area contributed by atoms with E-state index in [1.54, 1.807) is 25.4 Å². The van der Waals surface area contributed by atoms with E-state index in [-0.39, 0.29) is 0 Å². The summed E-state index contributed by atoms with van der Waals surface area (Å²) in [7, 11) is 1.74. The highest BCUT2D eigenvalue weighted by Gasteiger charge is 2.29. The molecule has 1 aromatic heterocycles. The number of aryl methyl sites for hydroxylation is 1. The third-order valence-corrected chi connectivity index (χ3v) is 11.1. The second kappa shape index (κ2) is 14.5. The number of anilines is 6. The first kappa shape index (κ1) is 34.3. The summed E-state index contributed by atoms with van der Waals surface area (Å²) >= 11 is 3.55. The number of fused-ring (bicyclic) bond motifs is 1. The summed E-state index contributed by atoms with van der Waals surface area (Å²) in [5.74, 6) is 2.30. The fourth-order valence-corrected chi connectivity index (χ4v) is 7.36. The summed E-state index contributed by atoms with van der Waals surface area (Å²) < 4.78 is 44.5. The van der Waals surface area contributed by atoms with E-state index in [2.05, 4.69) is 72.4 Å². The number of piperidine rings is 1. The van der Waals surface area contributed by atoms with Crippen molar-refractivity contribution in [3.8, 4) is 17.2 Å². The molecule has 260 valence electrons. The maximum atomic E-state index is 12.6. The molecule has 2 aromatic carbocycles. The van der Waals surface area contributed by atoms with Crippen molar-refractivity contribution >= 4 is 60.5 Å². The van der Waals surface area contributed by atoms with Gasteiger partial charge in [-0.2, -0.15) is 4.98 Å². The van der Waals surface area contributed by atoms with Crippen molar-refractivity contribution in [1.29, 1.82) is 0 Å². The lowest BCUT2D eigenvalue weighted by Gasteiger charge is -2.43. The van der Waals surface area contributed by atoms with Crippen LogP contribution in [-0.2, 0) is 16.4 Å². The van der Waals surface area contributed by atoms with Gasteiger partial charge in [0, 0.05) is 70.3 Å². The maximum Gasteiger partial charge on any atom is 0.232 e. The van der Waals surface area contributed by atoms with Crippen molar-refractivity contribution in [1.82, 2.24) is 19.8 Å². The van der Waals surface area contributed by atoms with Gasteiger partial charge in [0.25, 0.3) is 0 Å². The molecule has 0 atom stereocenters. The minimum atomic E-state index is -3.62. The van der Waals surface area contributed by atoms with Crippen LogP contribution in [0.3, 0.4) is 0 Å². The van der Waals surface area contributed by atoms with Crippen molar-refractivity contribution in [2.24, 2.45) is 0 Å². The molecule has 0 unspecified atom stereocenters. The van der Waals surface area contributed by atoms with E-state index in [0.717, 1.165) is 70.5 Å². The van der Waals surface area contributed by atoms with Crippen LogP contribution in [-0.4, -0.2) is 114 Å². The third kappa shape index (κ3) is 7.38. The molecule has 4 heterocycles. The molecule has 6 rings (SSSR count). The van der Waals surface area contributed by atoms with Gasteiger partial charge in [-0.15, -0.1) is 0 Å². The molecule has 2 saturated heterocycles. The lowest BCUT2D eigenvalue weighted by molar-refractivity contribution is 0.0982. The zero-order valence-corrected chi connectivity index (χ0v) is 30.7. The Kier molecular flexibility index (Phi) is 10.4. The van der Waals surface area contributed by atoms with Crippen molar-refractivity contribution < 1.29 is 22.6 Å². The Hall–Kier alpha value is -3.53. The van der Waals surface area contributed by atoms with E-state index in [1.807, 2.05) is 0 Å². The molecule has 13 nitrogen and oxygen atoms in total. The summed E-state index contributed by atoms with van der Waals surface area (Å²) in [6.45, 7) is 9.48. The summed E-state index contributed by atoms with van der Waals surface area (Å²) in [5, 5.41) is 6.64. The molecule has 3 aliphatic heterocycles. The monoisotopic (exact) mass is 744 g/mol. The second-order valence-electron chi connectivity index (χ2n) is 12.4. The molecule has 0 saturated carbocycles. The summed E-state index contributed by atoms with van der Waals surface area (Å²) in [4.78, 5) is 16.8. The first-order valence-corrected chi connectivity index (χ1v) is 19.0. The van der Waals surface area contributed by atoms with Gasteiger partial charge >= 0.3 is 0 Å². The van der Waals surface area contributed by atoms with E-state index in [0.29, 0.717) is 64.1 Å². The molecule has 0 radical (unpaired) electrons. The van der Waals surface area contributed by atoms with Gasteiger partial charge in [0.15, 0.2) is 11.5 Å². The van der Waals surface area contributed by atoms with Crippen LogP contribution in [0.15, 0.2) is 34.9 Å². The third-order valence-electron chi connectivity index (χ3n) is 9.38. The number of hydrogen-bond acceptors (Lipinski definition) is 12. The minimum absolute atomic E-state index is 0.307. The first-order chi connectivity index (χ1) is 23.0. The second-order valence-corrected chi connectivity index (χ2v) is 15.3. The van der Waals surface area contributed by atoms with E-state index >= 15 is 0 Å². The van der Waals surface area contributed by atoms with Crippen LogP contribution < -0.4 is 34.0 Å². The van der Waals surface area contributed by atoms with Gasteiger partial charge in [-0.3, -0.25) is 9.21 Å². The summed E-state index contributed by atoms with van der Waals surface area (Å²) in [6, 6.07) is 8.38. The molecule has 15 heteroatoms. The summed E-state index contributed by atoms with van der Waals surface area (Å²) in [5.41, 5.74) is 3.99. The number of ether oxygens (including phenoxy) is 3. The van der Waals surface area contributed by atoms with E-state index in [1.165, 1.54) is 22.6 Å². The fourth-order valence-electron chi connectivity index (χ4n) is 6.56. The average Bonchev–Trinajstić information content (AvgIpc) is 3.09. The van der Waals surface area contributed by atoms with Crippen LogP contribution in [0.1, 0.15) is 25.3 Å². The molecule has 3 aromatic rings. The molecule has 48 heavy (non-hydrogen) atoms. The topological polar surface area (TPSA) is 125 Å². The van der Waals surface area contributed by atoms with Crippen LogP contribution in [0.2, 0.25) is 0 Å². The molecule has 0 spiro atoms. The number of likely N-dealkylation sites (N-methyl/N-ethyl adjacent to an activating group) is 1. The molecular weight excluding hydrogens is 700 g/mol. The number of piperazine rings is 1. The number of benzene rings is 2. The number of sulfonamides is 1. The molecule has 3 aliphatic rings. The number of aromatic nitrogens is 2. The quantitative estimate of drug-likeness (QED) is 0.300. The van der Waals surface area contributed by atoms with Crippen LogP contribution in [0.4, 0.5) is 34.5 Å². The highest BCUT2D eigenvalue weighted by molar-refractivity contribution is 9.10. The Morgan fingerprint density at radius 1 is 1.04 bits per heavy atom. The van der Waals surface area contributed by atoms with Gasteiger partial charge in [-0.05, 0) is 66.0 Å². The predicted molar refractivity (Wildman–Crippen MR) is 194 cm³/mol. The Labute approximate surface area is 291 Å². The van der Waals surface area contributed by atoms with Gasteiger partial charge in [0.1, 0.15) is 30.5 Å². The van der Waals surface area contributed by atoms with Crippen LogP contribution >= 0.6 is 15.9 Å². The smallest absolute Gasteiger partial charge is 0.232 e. The Bertz CT molecular complexity index is 1730. The highest BCUT2D eigenvalue weighted by atomic mass is 79.9. The Morgan fingerprint density at radius 2 is 1.77 bits per heavy atom. The molecule has 0 aliphatic carbocycles. The van der Waals surface area contributed by atoms with Gasteiger partial charge in [0.05, 0.1) is 29.2 Å². The van der Waals surface area contributed by atoms with Gasteiger partial charge in [-0.25, -0.2) is 13.4 Å². The number of hydrogen-bond donors (Lipinski definition) is 2. The first-order valence-electron chi connectivity index (χ1n) is 16.4. The van der Waals surface area contributed by atoms with Crippen LogP contribution in [0, 0.1) is 0 Å². The zero-order chi connectivity index (χ0) is 34.0. The molecule has 0 bridgehead atoms. The van der Waals surface area contributed by atoms with E-state index < -0.39 is 10.0 Å². The van der Waals surface area contributed by atoms with Gasteiger partial charge in [0.2, 0.25) is 16.0 Å². The van der Waals surface area contributed by atoms with E-state index in [9.17, 15) is 8.42 Å². The number of halogens is 1.